The van der Waals surface area contributed by atoms with Gasteiger partial charge in [-0.15, -0.1) is 11.3 Å². The standard InChI is InChI=1S/C21H22N2O5S/c24-19(18-7-4-12-29-18)20(25)22-10-8-15(9-11-22)23-13-17(28-21(23)26)14-27-16-5-2-1-3-6-16/h1-7,12,15,17H,8-11,13-14H2. The van der Waals surface area contributed by atoms with Gasteiger partial charge in [0.1, 0.15) is 12.4 Å². The monoisotopic (exact) mass is 414 g/mol. The number of amides is 2. The first-order valence-corrected chi connectivity index (χ1v) is 10.5. The van der Waals surface area contributed by atoms with Crippen molar-refractivity contribution in [2.75, 3.05) is 26.2 Å². The zero-order valence-corrected chi connectivity index (χ0v) is 16.7. The summed E-state index contributed by atoms with van der Waals surface area (Å²) in [5, 5.41) is 1.78. The van der Waals surface area contributed by atoms with Crippen LogP contribution in [0.2, 0.25) is 0 Å². The molecule has 1 atom stereocenters. The number of carbonyl (C=O) groups is 3. The molecule has 2 saturated heterocycles. The average Bonchev–Trinajstić information content (AvgIpc) is 3.42. The summed E-state index contributed by atoms with van der Waals surface area (Å²) in [4.78, 5) is 40.7. The molecule has 1 aromatic heterocycles. The number of piperidine rings is 1. The highest BCUT2D eigenvalue weighted by Crippen LogP contribution is 2.24. The maximum Gasteiger partial charge on any atom is 0.410 e. The van der Waals surface area contributed by atoms with Gasteiger partial charge in [0.2, 0.25) is 0 Å². The van der Waals surface area contributed by atoms with Gasteiger partial charge in [-0.05, 0) is 36.4 Å². The molecule has 0 N–H and O–H groups in total. The number of thiophene rings is 1. The molecule has 0 aliphatic carbocycles. The summed E-state index contributed by atoms with van der Waals surface area (Å²) in [6, 6.07) is 12.8. The molecule has 152 valence electrons. The molecule has 2 aliphatic heterocycles. The van der Waals surface area contributed by atoms with Crippen LogP contribution in [0.4, 0.5) is 4.79 Å². The molecule has 29 heavy (non-hydrogen) atoms. The predicted molar refractivity (Wildman–Crippen MR) is 107 cm³/mol. The Kier molecular flexibility index (Phi) is 5.80. The maximum atomic E-state index is 12.4. The van der Waals surface area contributed by atoms with Crippen LogP contribution in [0.25, 0.3) is 0 Å². The lowest BCUT2D eigenvalue weighted by molar-refractivity contribution is -0.127. The second-order valence-electron chi connectivity index (χ2n) is 7.11. The van der Waals surface area contributed by atoms with E-state index in [1.165, 1.54) is 11.3 Å². The van der Waals surface area contributed by atoms with E-state index >= 15 is 0 Å². The van der Waals surface area contributed by atoms with Crippen molar-refractivity contribution < 1.29 is 23.9 Å². The fraction of sp³-hybridized carbons (Fsp3) is 0.381. The van der Waals surface area contributed by atoms with Crippen LogP contribution in [0, 0.1) is 0 Å². The highest BCUT2D eigenvalue weighted by atomic mass is 32.1. The van der Waals surface area contributed by atoms with Gasteiger partial charge in [-0.3, -0.25) is 9.59 Å². The molecule has 2 aromatic rings. The van der Waals surface area contributed by atoms with Gasteiger partial charge >= 0.3 is 6.09 Å². The van der Waals surface area contributed by atoms with Crippen LogP contribution in [-0.4, -0.2) is 66.0 Å². The fourth-order valence-electron chi connectivity index (χ4n) is 3.67. The van der Waals surface area contributed by atoms with Crippen molar-refractivity contribution in [3.05, 3.63) is 52.7 Å². The molecule has 0 saturated carbocycles. The van der Waals surface area contributed by atoms with Gasteiger partial charge in [0.25, 0.3) is 11.7 Å². The summed E-state index contributed by atoms with van der Waals surface area (Å²) in [6.45, 7) is 1.68. The average molecular weight is 414 g/mol. The Morgan fingerprint density at radius 1 is 1.10 bits per heavy atom. The Labute approximate surface area is 172 Å². The summed E-state index contributed by atoms with van der Waals surface area (Å²) in [6.07, 6.45) is 0.601. The Bertz CT molecular complexity index is 862. The van der Waals surface area contributed by atoms with Crippen LogP contribution in [0.15, 0.2) is 47.8 Å². The highest BCUT2D eigenvalue weighted by Gasteiger charge is 2.39. The van der Waals surface area contributed by atoms with Gasteiger partial charge < -0.3 is 19.3 Å². The van der Waals surface area contributed by atoms with Gasteiger partial charge in [-0.2, -0.15) is 0 Å². The highest BCUT2D eigenvalue weighted by molar-refractivity contribution is 7.13. The van der Waals surface area contributed by atoms with E-state index in [0.717, 1.165) is 5.75 Å². The molecule has 0 radical (unpaired) electrons. The number of ketones is 1. The van der Waals surface area contributed by atoms with E-state index in [1.54, 1.807) is 27.3 Å². The normalized spacial score (nSPS) is 19.9. The molecule has 2 amide bonds. The van der Waals surface area contributed by atoms with Crippen molar-refractivity contribution in [1.29, 1.82) is 0 Å². The van der Waals surface area contributed by atoms with Gasteiger partial charge in [-0.1, -0.05) is 24.3 Å². The Morgan fingerprint density at radius 2 is 1.86 bits per heavy atom. The molecule has 7 nitrogen and oxygen atoms in total. The number of cyclic esters (lactones) is 1. The number of rotatable bonds is 6. The van der Waals surface area contributed by atoms with Crippen molar-refractivity contribution in [2.45, 2.75) is 25.0 Å². The van der Waals surface area contributed by atoms with Gasteiger partial charge in [0.15, 0.2) is 6.10 Å². The SMILES string of the molecule is O=C(C(=O)N1CCC(N2CC(COc3ccccc3)OC2=O)CC1)c1cccs1. The van der Waals surface area contributed by atoms with E-state index in [9.17, 15) is 14.4 Å². The van der Waals surface area contributed by atoms with Crippen LogP contribution in [0.5, 0.6) is 5.75 Å². The van der Waals surface area contributed by atoms with Crippen molar-refractivity contribution in [2.24, 2.45) is 0 Å². The second kappa shape index (κ2) is 8.65. The van der Waals surface area contributed by atoms with Crippen LogP contribution in [0.1, 0.15) is 22.5 Å². The number of para-hydroxylation sites is 1. The zero-order valence-electron chi connectivity index (χ0n) is 15.9. The summed E-state index contributed by atoms with van der Waals surface area (Å²) in [5.74, 6) is -0.189. The fourth-order valence-corrected chi connectivity index (χ4v) is 4.32. The molecular weight excluding hydrogens is 392 g/mol. The summed E-state index contributed by atoms with van der Waals surface area (Å²) in [7, 11) is 0. The Balaban J connectivity index is 1.26. The lowest BCUT2D eigenvalue weighted by atomic mass is 10.0. The Hall–Kier alpha value is -2.87. The van der Waals surface area contributed by atoms with E-state index in [1.807, 2.05) is 30.3 Å². The number of nitrogens with zero attached hydrogens (tertiary/aromatic N) is 2. The van der Waals surface area contributed by atoms with Crippen LogP contribution in [-0.2, 0) is 9.53 Å². The minimum absolute atomic E-state index is 0.00474. The summed E-state index contributed by atoms with van der Waals surface area (Å²) < 4.78 is 11.1. The third-order valence-electron chi connectivity index (χ3n) is 5.21. The summed E-state index contributed by atoms with van der Waals surface area (Å²) in [5.41, 5.74) is 0. The topological polar surface area (TPSA) is 76.2 Å². The molecule has 2 fully saturated rings. The predicted octanol–water partition coefficient (Wildman–Crippen LogP) is 2.82. The van der Waals surface area contributed by atoms with Gasteiger partial charge in [0.05, 0.1) is 11.4 Å². The van der Waals surface area contributed by atoms with Crippen molar-refractivity contribution >= 4 is 29.1 Å². The van der Waals surface area contributed by atoms with E-state index in [-0.39, 0.29) is 18.2 Å². The smallest absolute Gasteiger partial charge is 0.410 e. The maximum absolute atomic E-state index is 12.4. The largest absolute Gasteiger partial charge is 0.490 e. The molecule has 2 aliphatic rings. The number of ether oxygens (including phenoxy) is 2. The molecule has 1 aromatic carbocycles. The third kappa shape index (κ3) is 4.42. The molecule has 1 unspecified atom stereocenters. The van der Waals surface area contributed by atoms with Crippen molar-refractivity contribution in [3.63, 3.8) is 0 Å². The number of Topliss-reactive ketones (excluding diaryl/α,β-unsaturated/α-hetero) is 1. The number of likely N-dealkylation sites (tertiary alicyclic amines) is 1. The molecule has 4 rings (SSSR count). The second-order valence-corrected chi connectivity index (χ2v) is 8.06. The van der Waals surface area contributed by atoms with E-state index < -0.39 is 11.7 Å². The van der Waals surface area contributed by atoms with Crippen molar-refractivity contribution in [3.8, 4) is 5.75 Å². The van der Waals surface area contributed by atoms with E-state index in [4.69, 9.17) is 9.47 Å². The summed E-state index contributed by atoms with van der Waals surface area (Å²) >= 11 is 1.27. The lowest BCUT2D eigenvalue weighted by Crippen LogP contribution is -2.48. The molecular formula is C21H22N2O5S. The van der Waals surface area contributed by atoms with Crippen LogP contribution in [0.3, 0.4) is 0 Å². The van der Waals surface area contributed by atoms with E-state index in [2.05, 4.69) is 0 Å². The quantitative estimate of drug-likeness (QED) is 0.537. The first-order valence-electron chi connectivity index (χ1n) is 9.64. The number of hydrogen-bond acceptors (Lipinski definition) is 6. The molecule has 3 heterocycles. The van der Waals surface area contributed by atoms with Crippen molar-refractivity contribution in [1.82, 2.24) is 9.80 Å². The first-order chi connectivity index (χ1) is 14.1. The van der Waals surface area contributed by atoms with Crippen LogP contribution < -0.4 is 4.74 Å². The van der Waals surface area contributed by atoms with E-state index in [0.29, 0.717) is 44.0 Å². The van der Waals surface area contributed by atoms with Gasteiger partial charge in [-0.25, -0.2) is 4.79 Å². The lowest BCUT2D eigenvalue weighted by Gasteiger charge is -2.35. The van der Waals surface area contributed by atoms with Crippen LogP contribution >= 0.6 is 11.3 Å². The minimum Gasteiger partial charge on any atom is -0.490 e. The first kappa shape index (κ1) is 19.4. The Morgan fingerprint density at radius 3 is 2.55 bits per heavy atom. The molecule has 0 bridgehead atoms. The zero-order chi connectivity index (χ0) is 20.2. The third-order valence-corrected chi connectivity index (χ3v) is 6.08. The molecule has 8 heteroatoms. The number of benzene rings is 1. The molecule has 0 spiro atoms. The number of carbonyl (C=O) groups excluding carboxylic acids is 3. The minimum atomic E-state index is -0.468. The van der Waals surface area contributed by atoms with Gasteiger partial charge in [0, 0.05) is 19.1 Å². The number of hydrogen-bond donors (Lipinski definition) is 0.